The summed E-state index contributed by atoms with van der Waals surface area (Å²) in [7, 11) is 0. The van der Waals surface area contributed by atoms with Gasteiger partial charge in [0.2, 0.25) is 0 Å². The van der Waals surface area contributed by atoms with Gasteiger partial charge >= 0.3 is 0 Å². The molecule has 0 saturated carbocycles. The molecule has 2 aromatic carbocycles. The van der Waals surface area contributed by atoms with E-state index in [2.05, 4.69) is 24.1 Å². The van der Waals surface area contributed by atoms with Gasteiger partial charge in [-0.05, 0) is 50.2 Å². The topological polar surface area (TPSA) is 58.4 Å². The number of hydrogen-bond donors (Lipinski definition) is 2. The lowest BCUT2D eigenvalue weighted by atomic mass is 10.2. The smallest absolute Gasteiger partial charge is 0.255 e. The van der Waals surface area contributed by atoms with Crippen molar-refractivity contribution in [3.05, 3.63) is 53.1 Å². The molecule has 0 heterocycles. The molecule has 2 rings (SSSR count). The molecule has 3 N–H and O–H groups in total. The Morgan fingerprint density at radius 1 is 1.18 bits per heavy atom. The van der Waals surface area contributed by atoms with Crippen LogP contribution in [0.1, 0.15) is 24.2 Å². The SMILES string of the molecule is CCN(CC)c1ccc(NC(=O)c2cccc(Cl)c2)cc1N. The van der Waals surface area contributed by atoms with Crippen molar-refractivity contribution in [2.75, 3.05) is 29.0 Å². The first kappa shape index (κ1) is 16.2. The Hall–Kier alpha value is -2.20. The lowest BCUT2D eigenvalue weighted by Crippen LogP contribution is -2.23. The summed E-state index contributed by atoms with van der Waals surface area (Å²) in [6.07, 6.45) is 0. The Balaban J connectivity index is 2.17. The zero-order valence-electron chi connectivity index (χ0n) is 12.8. The fraction of sp³-hybridized carbons (Fsp3) is 0.235. The van der Waals surface area contributed by atoms with Crippen molar-refractivity contribution in [3.8, 4) is 0 Å². The number of amides is 1. The Labute approximate surface area is 135 Å². The van der Waals surface area contributed by atoms with E-state index in [-0.39, 0.29) is 5.91 Å². The first-order chi connectivity index (χ1) is 10.5. The molecule has 0 bridgehead atoms. The van der Waals surface area contributed by atoms with Crippen LogP contribution in [0, 0.1) is 0 Å². The van der Waals surface area contributed by atoms with Crippen molar-refractivity contribution in [2.45, 2.75) is 13.8 Å². The van der Waals surface area contributed by atoms with Gasteiger partial charge < -0.3 is 16.0 Å². The summed E-state index contributed by atoms with van der Waals surface area (Å²) in [5.41, 5.74) is 8.90. The summed E-state index contributed by atoms with van der Waals surface area (Å²) in [5.74, 6) is -0.211. The number of carbonyl (C=O) groups excluding carboxylic acids is 1. The van der Waals surface area contributed by atoms with E-state index in [1.807, 2.05) is 12.1 Å². The molecule has 116 valence electrons. The summed E-state index contributed by atoms with van der Waals surface area (Å²) >= 11 is 5.90. The van der Waals surface area contributed by atoms with E-state index in [0.29, 0.717) is 22.0 Å². The highest BCUT2D eigenvalue weighted by Gasteiger charge is 2.10. The van der Waals surface area contributed by atoms with E-state index in [1.165, 1.54) is 0 Å². The quantitative estimate of drug-likeness (QED) is 0.819. The van der Waals surface area contributed by atoms with E-state index < -0.39 is 0 Å². The highest BCUT2D eigenvalue weighted by Crippen LogP contribution is 2.26. The average Bonchev–Trinajstić information content (AvgIpc) is 2.50. The maximum atomic E-state index is 12.2. The van der Waals surface area contributed by atoms with Gasteiger partial charge in [0, 0.05) is 29.4 Å². The number of nitrogens with two attached hydrogens (primary N) is 1. The number of carbonyl (C=O) groups is 1. The summed E-state index contributed by atoms with van der Waals surface area (Å²) < 4.78 is 0. The van der Waals surface area contributed by atoms with Gasteiger partial charge in [-0.3, -0.25) is 4.79 Å². The van der Waals surface area contributed by atoms with E-state index in [0.717, 1.165) is 18.8 Å². The summed E-state index contributed by atoms with van der Waals surface area (Å²) in [6, 6.07) is 12.4. The van der Waals surface area contributed by atoms with Gasteiger partial charge in [-0.25, -0.2) is 0 Å². The number of halogens is 1. The molecular formula is C17H20ClN3O. The number of nitrogens with one attached hydrogen (secondary N) is 1. The number of nitrogens with zero attached hydrogens (tertiary/aromatic N) is 1. The number of anilines is 3. The molecule has 0 radical (unpaired) electrons. The van der Waals surface area contributed by atoms with E-state index in [1.54, 1.807) is 30.3 Å². The Bertz CT molecular complexity index is 669. The van der Waals surface area contributed by atoms with Crippen LogP contribution in [0.2, 0.25) is 5.02 Å². The normalized spacial score (nSPS) is 10.3. The Kier molecular flexibility index (Phi) is 5.28. The second kappa shape index (κ2) is 7.18. The van der Waals surface area contributed by atoms with Crippen molar-refractivity contribution in [2.24, 2.45) is 0 Å². The van der Waals surface area contributed by atoms with Crippen molar-refractivity contribution < 1.29 is 4.79 Å². The lowest BCUT2D eigenvalue weighted by Gasteiger charge is -2.23. The maximum Gasteiger partial charge on any atom is 0.255 e. The van der Waals surface area contributed by atoms with Crippen LogP contribution >= 0.6 is 11.6 Å². The van der Waals surface area contributed by atoms with Crippen molar-refractivity contribution in [1.29, 1.82) is 0 Å². The lowest BCUT2D eigenvalue weighted by molar-refractivity contribution is 0.102. The molecule has 0 atom stereocenters. The monoisotopic (exact) mass is 317 g/mol. The largest absolute Gasteiger partial charge is 0.397 e. The third-order valence-electron chi connectivity index (χ3n) is 3.48. The highest BCUT2D eigenvalue weighted by atomic mass is 35.5. The fourth-order valence-corrected chi connectivity index (χ4v) is 2.51. The number of hydrogen-bond acceptors (Lipinski definition) is 3. The zero-order valence-corrected chi connectivity index (χ0v) is 13.5. The summed E-state index contributed by atoms with van der Waals surface area (Å²) in [6.45, 7) is 5.93. The van der Waals surface area contributed by atoms with E-state index >= 15 is 0 Å². The van der Waals surface area contributed by atoms with Crippen LogP contribution in [0.15, 0.2) is 42.5 Å². The minimum atomic E-state index is -0.211. The molecule has 0 spiro atoms. The molecule has 22 heavy (non-hydrogen) atoms. The van der Waals surface area contributed by atoms with Gasteiger partial charge in [-0.2, -0.15) is 0 Å². The van der Waals surface area contributed by atoms with Crippen molar-refractivity contribution >= 4 is 34.6 Å². The van der Waals surface area contributed by atoms with Crippen LogP contribution in [0.3, 0.4) is 0 Å². The van der Waals surface area contributed by atoms with Crippen LogP contribution < -0.4 is 16.0 Å². The molecule has 4 nitrogen and oxygen atoms in total. The molecule has 0 aliphatic rings. The molecular weight excluding hydrogens is 298 g/mol. The standard InChI is InChI=1S/C17H20ClN3O/c1-3-21(4-2)16-9-8-14(11-15(16)19)20-17(22)12-6-5-7-13(18)10-12/h5-11H,3-4,19H2,1-2H3,(H,20,22). The molecule has 0 aromatic heterocycles. The molecule has 2 aromatic rings. The fourth-order valence-electron chi connectivity index (χ4n) is 2.32. The minimum Gasteiger partial charge on any atom is -0.397 e. The highest BCUT2D eigenvalue weighted by molar-refractivity contribution is 6.31. The third-order valence-corrected chi connectivity index (χ3v) is 3.71. The van der Waals surface area contributed by atoms with Gasteiger partial charge in [0.25, 0.3) is 5.91 Å². The zero-order chi connectivity index (χ0) is 16.1. The molecule has 0 saturated heterocycles. The summed E-state index contributed by atoms with van der Waals surface area (Å²) in [4.78, 5) is 14.4. The van der Waals surface area contributed by atoms with Gasteiger partial charge in [-0.15, -0.1) is 0 Å². The second-order valence-corrected chi connectivity index (χ2v) is 5.35. The molecule has 0 aliphatic heterocycles. The molecule has 0 unspecified atom stereocenters. The van der Waals surface area contributed by atoms with Gasteiger partial charge in [0.05, 0.1) is 11.4 Å². The van der Waals surface area contributed by atoms with Gasteiger partial charge in [0.15, 0.2) is 0 Å². The average molecular weight is 318 g/mol. The summed E-state index contributed by atoms with van der Waals surface area (Å²) in [5, 5.41) is 3.36. The molecule has 0 fully saturated rings. The van der Waals surface area contributed by atoms with Crippen LogP contribution in [0.5, 0.6) is 0 Å². The van der Waals surface area contributed by atoms with Crippen molar-refractivity contribution in [1.82, 2.24) is 0 Å². The van der Waals surface area contributed by atoms with E-state index in [9.17, 15) is 4.79 Å². The van der Waals surface area contributed by atoms with Gasteiger partial charge in [0.1, 0.15) is 0 Å². The van der Waals surface area contributed by atoms with Crippen LogP contribution in [-0.2, 0) is 0 Å². The predicted octanol–water partition coefficient (Wildman–Crippen LogP) is 4.02. The Morgan fingerprint density at radius 3 is 2.50 bits per heavy atom. The first-order valence-corrected chi connectivity index (χ1v) is 7.64. The second-order valence-electron chi connectivity index (χ2n) is 4.91. The molecule has 5 heteroatoms. The number of benzene rings is 2. The van der Waals surface area contributed by atoms with E-state index in [4.69, 9.17) is 17.3 Å². The number of rotatable bonds is 5. The van der Waals surface area contributed by atoms with Crippen LogP contribution in [0.25, 0.3) is 0 Å². The minimum absolute atomic E-state index is 0.211. The van der Waals surface area contributed by atoms with Crippen molar-refractivity contribution in [3.63, 3.8) is 0 Å². The molecule has 0 aliphatic carbocycles. The predicted molar refractivity (Wildman–Crippen MR) is 93.8 cm³/mol. The van der Waals surface area contributed by atoms with Crippen LogP contribution in [0.4, 0.5) is 17.1 Å². The molecule has 1 amide bonds. The number of nitrogen functional groups attached to an aromatic ring is 1. The first-order valence-electron chi connectivity index (χ1n) is 7.26. The van der Waals surface area contributed by atoms with Gasteiger partial charge in [-0.1, -0.05) is 17.7 Å². The Morgan fingerprint density at radius 2 is 1.91 bits per heavy atom. The third kappa shape index (κ3) is 3.71. The van der Waals surface area contributed by atoms with Crippen LogP contribution in [-0.4, -0.2) is 19.0 Å². The maximum absolute atomic E-state index is 12.2.